The van der Waals surface area contributed by atoms with Crippen LogP contribution in [0.1, 0.15) is 63.5 Å². The molecule has 2 fully saturated rings. The molecule has 0 aromatic heterocycles. The van der Waals surface area contributed by atoms with E-state index < -0.39 is 0 Å². The minimum absolute atomic E-state index is 0.0239. The number of carbonyl (C=O) groups excluding carboxylic acids is 2. The van der Waals surface area contributed by atoms with Crippen LogP contribution in [-0.2, 0) is 22.7 Å². The van der Waals surface area contributed by atoms with Crippen LogP contribution in [0.15, 0.2) is 24.3 Å². The normalized spacial score (nSPS) is 21.2. The van der Waals surface area contributed by atoms with Crippen LogP contribution in [0.25, 0.3) is 0 Å². The van der Waals surface area contributed by atoms with Crippen LogP contribution in [0.4, 0.5) is 0 Å². The average molecular weight is 400 g/mol. The number of hydrogen-bond acceptors (Lipinski definition) is 3. The molecule has 0 radical (unpaired) electrons. The number of piperidine rings is 2. The third-order valence-electron chi connectivity index (χ3n) is 6.39. The molecule has 5 heteroatoms. The number of carbonyl (C=O) groups is 2. The summed E-state index contributed by atoms with van der Waals surface area (Å²) in [5, 5.41) is 3.16. The Bertz CT molecular complexity index is 682. The minimum Gasteiger partial charge on any atom is -0.352 e. The first-order valence-corrected chi connectivity index (χ1v) is 11.4. The second kappa shape index (κ2) is 10.8. The molecule has 2 aliphatic rings. The first-order valence-electron chi connectivity index (χ1n) is 11.4. The van der Waals surface area contributed by atoms with E-state index in [2.05, 4.69) is 41.4 Å². The Morgan fingerprint density at radius 2 is 1.79 bits per heavy atom. The zero-order chi connectivity index (χ0) is 20.6. The Balaban J connectivity index is 1.49. The van der Waals surface area contributed by atoms with Crippen LogP contribution in [-0.4, -0.2) is 47.8 Å². The fraction of sp³-hybridized carbons (Fsp3) is 0.667. The smallest absolute Gasteiger partial charge is 0.223 e. The van der Waals surface area contributed by atoms with Crippen LogP contribution >= 0.6 is 0 Å². The molecule has 0 bridgehead atoms. The summed E-state index contributed by atoms with van der Waals surface area (Å²) < 4.78 is 0. The Labute approximate surface area is 175 Å². The first-order chi connectivity index (χ1) is 14.1. The van der Waals surface area contributed by atoms with Gasteiger partial charge in [-0.15, -0.1) is 0 Å². The highest BCUT2D eigenvalue weighted by Gasteiger charge is 2.27. The maximum atomic E-state index is 12.7. The van der Waals surface area contributed by atoms with E-state index in [1.807, 2.05) is 11.8 Å². The van der Waals surface area contributed by atoms with E-state index in [4.69, 9.17) is 0 Å². The summed E-state index contributed by atoms with van der Waals surface area (Å²) >= 11 is 0. The second-order valence-electron chi connectivity index (χ2n) is 8.87. The number of nitrogens with one attached hydrogen (secondary N) is 1. The molecule has 0 saturated carbocycles. The van der Waals surface area contributed by atoms with Crippen molar-refractivity contribution >= 4 is 11.8 Å². The lowest BCUT2D eigenvalue weighted by molar-refractivity contribution is -0.135. The molecule has 1 aromatic carbocycles. The molecule has 3 rings (SSSR count). The van der Waals surface area contributed by atoms with Gasteiger partial charge in [0.15, 0.2) is 0 Å². The van der Waals surface area contributed by atoms with Gasteiger partial charge in [0.25, 0.3) is 0 Å². The van der Waals surface area contributed by atoms with Crippen LogP contribution in [0.3, 0.4) is 0 Å². The SMILES string of the molecule is CCCC(=O)N1CCC(C(=O)NCc2ccccc2CN2CCCC(C)C2)CC1. The van der Waals surface area contributed by atoms with Crippen molar-refractivity contribution in [3.63, 3.8) is 0 Å². The summed E-state index contributed by atoms with van der Waals surface area (Å²) in [6.45, 7) is 9.67. The minimum atomic E-state index is 0.0239. The maximum absolute atomic E-state index is 12.7. The molecule has 2 heterocycles. The van der Waals surface area contributed by atoms with Crippen molar-refractivity contribution in [2.24, 2.45) is 11.8 Å². The van der Waals surface area contributed by atoms with E-state index in [0.717, 1.165) is 38.3 Å². The van der Waals surface area contributed by atoms with Gasteiger partial charge in [0.2, 0.25) is 11.8 Å². The number of rotatable bonds is 7. The van der Waals surface area contributed by atoms with Crippen molar-refractivity contribution in [3.05, 3.63) is 35.4 Å². The fourth-order valence-corrected chi connectivity index (χ4v) is 4.65. The lowest BCUT2D eigenvalue weighted by Gasteiger charge is -2.32. The predicted octanol–water partition coefficient (Wildman–Crippen LogP) is 3.57. The van der Waals surface area contributed by atoms with Crippen LogP contribution < -0.4 is 5.32 Å². The van der Waals surface area contributed by atoms with E-state index in [1.165, 1.54) is 30.5 Å². The van der Waals surface area contributed by atoms with Gasteiger partial charge in [-0.2, -0.15) is 0 Å². The highest BCUT2D eigenvalue weighted by molar-refractivity contribution is 5.80. The molecule has 1 aromatic rings. The monoisotopic (exact) mass is 399 g/mol. The maximum Gasteiger partial charge on any atom is 0.223 e. The van der Waals surface area contributed by atoms with E-state index in [1.54, 1.807) is 0 Å². The summed E-state index contributed by atoms with van der Waals surface area (Å²) in [4.78, 5) is 29.2. The summed E-state index contributed by atoms with van der Waals surface area (Å²) in [5.41, 5.74) is 2.54. The Morgan fingerprint density at radius 3 is 2.48 bits per heavy atom. The molecule has 2 aliphatic heterocycles. The molecule has 29 heavy (non-hydrogen) atoms. The van der Waals surface area contributed by atoms with Crippen molar-refractivity contribution < 1.29 is 9.59 Å². The number of nitrogens with zero attached hydrogens (tertiary/aromatic N) is 2. The van der Waals surface area contributed by atoms with E-state index >= 15 is 0 Å². The summed E-state index contributed by atoms with van der Waals surface area (Å²) in [7, 11) is 0. The van der Waals surface area contributed by atoms with Crippen molar-refractivity contribution in [2.45, 2.75) is 65.5 Å². The molecule has 2 amide bonds. The first kappa shape index (κ1) is 21.8. The Hall–Kier alpha value is -1.88. The molecule has 1 unspecified atom stereocenters. The summed E-state index contributed by atoms with van der Waals surface area (Å²) in [6, 6.07) is 8.48. The van der Waals surface area contributed by atoms with E-state index in [9.17, 15) is 9.59 Å². The predicted molar refractivity (Wildman–Crippen MR) is 116 cm³/mol. The Kier molecular flexibility index (Phi) is 8.10. The van der Waals surface area contributed by atoms with Crippen molar-refractivity contribution in [2.75, 3.05) is 26.2 Å². The molecule has 1 atom stereocenters. The van der Waals surface area contributed by atoms with Crippen LogP contribution in [0.2, 0.25) is 0 Å². The van der Waals surface area contributed by atoms with Gasteiger partial charge in [0.1, 0.15) is 0 Å². The van der Waals surface area contributed by atoms with Gasteiger partial charge in [0, 0.05) is 45.1 Å². The average Bonchev–Trinajstić information content (AvgIpc) is 2.73. The van der Waals surface area contributed by atoms with Gasteiger partial charge >= 0.3 is 0 Å². The van der Waals surface area contributed by atoms with Crippen molar-refractivity contribution in [1.29, 1.82) is 0 Å². The molecule has 0 spiro atoms. The van der Waals surface area contributed by atoms with Gasteiger partial charge in [-0.25, -0.2) is 0 Å². The van der Waals surface area contributed by atoms with Gasteiger partial charge in [-0.1, -0.05) is 38.1 Å². The second-order valence-corrected chi connectivity index (χ2v) is 8.87. The molecular weight excluding hydrogens is 362 g/mol. The van der Waals surface area contributed by atoms with Gasteiger partial charge in [-0.05, 0) is 55.7 Å². The number of likely N-dealkylation sites (tertiary alicyclic amines) is 2. The topological polar surface area (TPSA) is 52.7 Å². The van der Waals surface area contributed by atoms with Crippen LogP contribution in [0, 0.1) is 11.8 Å². The molecular formula is C24H37N3O2. The molecule has 160 valence electrons. The van der Waals surface area contributed by atoms with Gasteiger partial charge in [0.05, 0.1) is 0 Å². The summed E-state index contributed by atoms with van der Waals surface area (Å²) in [6.07, 6.45) is 5.65. The Morgan fingerprint density at radius 1 is 1.07 bits per heavy atom. The van der Waals surface area contributed by atoms with Gasteiger partial charge in [-0.3, -0.25) is 14.5 Å². The largest absolute Gasteiger partial charge is 0.352 e. The third kappa shape index (κ3) is 6.30. The number of amides is 2. The van der Waals surface area contributed by atoms with Crippen molar-refractivity contribution in [1.82, 2.24) is 15.1 Å². The molecule has 5 nitrogen and oxygen atoms in total. The quantitative estimate of drug-likeness (QED) is 0.763. The zero-order valence-electron chi connectivity index (χ0n) is 18.2. The standard InChI is InChI=1S/C24H37N3O2/c1-3-7-23(28)27-14-11-20(12-15-27)24(29)25-16-21-9-4-5-10-22(21)18-26-13-6-8-19(2)17-26/h4-5,9-10,19-20H,3,6-8,11-18H2,1-2H3,(H,25,29). The highest BCUT2D eigenvalue weighted by Crippen LogP contribution is 2.21. The highest BCUT2D eigenvalue weighted by atomic mass is 16.2. The lowest BCUT2D eigenvalue weighted by Crippen LogP contribution is -2.42. The van der Waals surface area contributed by atoms with E-state index in [0.29, 0.717) is 26.1 Å². The number of hydrogen-bond donors (Lipinski definition) is 1. The van der Waals surface area contributed by atoms with Gasteiger partial charge < -0.3 is 10.2 Å². The van der Waals surface area contributed by atoms with Crippen molar-refractivity contribution in [3.8, 4) is 0 Å². The summed E-state index contributed by atoms with van der Waals surface area (Å²) in [5.74, 6) is 1.16. The van der Waals surface area contributed by atoms with Crippen LogP contribution in [0.5, 0.6) is 0 Å². The number of benzene rings is 1. The zero-order valence-corrected chi connectivity index (χ0v) is 18.2. The molecule has 1 N–H and O–H groups in total. The molecule has 0 aliphatic carbocycles. The van der Waals surface area contributed by atoms with E-state index in [-0.39, 0.29) is 17.7 Å². The fourth-order valence-electron chi connectivity index (χ4n) is 4.65. The third-order valence-corrected chi connectivity index (χ3v) is 6.39. The molecule has 2 saturated heterocycles. The lowest BCUT2D eigenvalue weighted by atomic mass is 9.95.